The molecule has 7 rings (SSSR count). The monoisotopic (exact) mass is 779 g/mol. The van der Waals surface area contributed by atoms with Crippen LogP contribution in [0, 0.1) is 11.6 Å². The summed E-state index contributed by atoms with van der Waals surface area (Å²) >= 11 is 1.06. The van der Waals surface area contributed by atoms with E-state index in [1.807, 2.05) is 37.8 Å². The number of carbonyl (C=O) groups is 1. The van der Waals surface area contributed by atoms with Gasteiger partial charge in [0, 0.05) is 77.8 Å². The van der Waals surface area contributed by atoms with Crippen LogP contribution < -0.4 is 5.32 Å². The molecule has 16 heteroatoms. The summed E-state index contributed by atoms with van der Waals surface area (Å²) in [7, 11) is -3.62. The Morgan fingerprint density at radius 2 is 1.24 bits per heavy atom. The smallest absolute Gasteiger partial charge is 0.254 e. The Labute approximate surface area is 319 Å². The Hall–Kier alpha value is -4.19. The highest BCUT2D eigenvalue weighted by atomic mass is 32.2. The molecule has 2 aliphatic rings. The van der Waals surface area contributed by atoms with Gasteiger partial charge in [-0.3, -0.25) is 14.6 Å². The number of hydrogen-bond donors (Lipinski definition) is 1. The fourth-order valence-corrected chi connectivity index (χ4v) is 9.53. The van der Waals surface area contributed by atoms with Crippen molar-refractivity contribution in [3.8, 4) is 0 Å². The average Bonchev–Trinajstić information content (AvgIpc) is 3.95. The number of ketones is 1. The highest BCUT2D eigenvalue weighted by Gasteiger charge is 2.31. The van der Waals surface area contributed by atoms with Gasteiger partial charge < -0.3 is 14.5 Å². The second-order valence-electron chi connectivity index (χ2n) is 13.7. The summed E-state index contributed by atoms with van der Waals surface area (Å²) in [5.41, 5.74) is 4.30. The lowest BCUT2D eigenvalue weighted by atomic mass is 10.1. The van der Waals surface area contributed by atoms with E-state index in [-0.39, 0.29) is 40.1 Å². The van der Waals surface area contributed by atoms with Gasteiger partial charge in [-0.1, -0.05) is 24.3 Å². The van der Waals surface area contributed by atoms with E-state index in [0.29, 0.717) is 37.7 Å². The van der Waals surface area contributed by atoms with Gasteiger partial charge in [0.1, 0.15) is 22.4 Å². The summed E-state index contributed by atoms with van der Waals surface area (Å²) in [5.74, 6) is -0.509. The van der Waals surface area contributed by atoms with Crippen molar-refractivity contribution < 1.29 is 22.0 Å². The van der Waals surface area contributed by atoms with E-state index >= 15 is 0 Å². The minimum atomic E-state index is -3.62. The van der Waals surface area contributed by atoms with Gasteiger partial charge in [-0.25, -0.2) is 32.2 Å². The predicted octanol–water partition coefficient (Wildman–Crippen LogP) is 4.76. The van der Waals surface area contributed by atoms with Gasteiger partial charge in [-0.15, -0.1) is 11.3 Å². The van der Waals surface area contributed by atoms with Crippen LogP contribution in [0.5, 0.6) is 0 Å². The third kappa shape index (κ3) is 9.91. The van der Waals surface area contributed by atoms with Crippen molar-refractivity contribution in [2.24, 2.45) is 0 Å². The second kappa shape index (κ2) is 18.0. The normalized spacial score (nSPS) is 17.1. The number of rotatable bonds is 12. The maximum Gasteiger partial charge on any atom is 0.254 e. The van der Waals surface area contributed by atoms with E-state index in [2.05, 4.69) is 46.1 Å². The van der Waals surface area contributed by atoms with Crippen LogP contribution in [0.3, 0.4) is 0 Å². The zero-order valence-electron chi connectivity index (χ0n) is 30.8. The lowest BCUT2D eigenvalue weighted by Crippen LogP contribution is -2.48. The van der Waals surface area contributed by atoms with Crippen molar-refractivity contribution >= 4 is 27.1 Å². The summed E-state index contributed by atoms with van der Waals surface area (Å²) in [5, 5.41) is 3.88. The van der Waals surface area contributed by atoms with Crippen LogP contribution in [-0.4, -0.2) is 105 Å². The molecule has 2 fully saturated rings. The molecule has 0 unspecified atom stereocenters. The number of nitrogens with zero attached hydrogens (tertiary/aromatic N) is 8. The van der Waals surface area contributed by atoms with E-state index in [1.165, 1.54) is 47.4 Å². The highest BCUT2D eigenvalue weighted by molar-refractivity contribution is 7.91. The molecule has 0 saturated carbocycles. The predicted molar refractivity (Wildman–Crippen MR) is 204 cm³/mol. The third-order valence-corrected chi connectivity index (χ3v) is 13.2. The molecule has 5 heterocycles. The Bertz CT molecular complexity index is 2070. The first kappa shape index (κ1) is 39.5. The number of hydrogen-bond acceptors (Lipinski definition) is 10. The molecular weight excluding hydrogens is 733 g/mol. The van der Waals surface area contributed by atoms with Crippen LogP contribution >= 0.6 is 11.3 Å². The van der Waals surface area contributed by atoms with E-state index in [1.54, 1.807) is 18.5 Å². The zero-order chi connectivity index (χ0) is 38.2. The molecule has 2 aliphatic heterocycles. The SMILES string of the molecule is CC(=O)Cc1ncc(S(=O)(=O)N2CCN(Cc3cncn3[C@H](C)c3ccc(F)cc3)CC2)s1.C[C@H](c1ccc(F)cc1)n1cncc1CN1CCNCC1. The Morgan fingerprint density at radius 3 is 1.72 bits per heavy atom. The van der Waals surface area contributed by atoms with E-state index < -0.39 is 10.0 Å². The molecule has 54 heavy (non-hydrogen) atoms. The summed E-state index contributed by atoms with van der Waals surface area (Å²) < 4.78 is 58.2. The van der Waals surface area contributed by atoms with Crippen LogP contribution in [0.2, 0.25) is 0 Å². The lowest BCUT2D eigenvalue weighted by molar-refractivity contribution is -0.116. The second-order valence-corrected chi connectivity index (χ2v) is 17.0. The maximum atomic E-state index is 13.3. The molecule has 0 spiro atoms. The number of imidazole rings is 2. The molecular formula is C38H47F2N9O3S2. The van der Waals surface area contributed by atoms with Crippen molar-refractivity contribution in [2.45, 2.75) is 56.6 Å². The Balaban J connectivity index is 0.000000203. The van der Waals surface area contributed by atoms with Crippen LogP contribution in [0.1, 0.15) is 60.4 Å². The van der Waals surface area contributed by atoms with Gasteiger partial charge in [-0.05, 0) is 56.2 Å². The molecule has 5 aromatic rings. The number of halogens is 2. The molecule has 0 aliphatic carbocycles. The van der Waals surface area contributed by atoms with Gasteiger partial charge in [0.05, 0.1) is 48.7 Å². The maximum absolute atomic E-state index is 13.3. The van der Waals surface area contributed by atoms with E-state index in [0.717, 1.165) is 60.9 Å². The van der Waals surface area contributed by atoms with Crippen LogP contribution in [0.25, 0.3) is 0 Å². The number of aromatic nitrogens is 5. The van der Waals surface area contributed by atoms with Crippen molar-refractivity contribution in [3.63, 3.8) is 0 Å². The molecule has 2 atom stereocenters. The Morgan fingerprint density at radius 1 is 0.759 bits per heavy atom. The first-order valence-corrected chi connectivity index (χ1v) is 20.4. The van der Waals surface area contributed by atoms with Crippen molar-refractivity contribution in [2.75, 3.05) is 52.4 Å². The number of nitrogens with one attached hydrogen (secondary N) is 1. The van der Waals surface area contributed by atoms with Gasteiger partial charge in [0.25, 0.3) is 10.0 Å². The zero-order valence-corrected chi connectivity index (χ0v) is 32.4. The third-order valence-electron chi connectivity index (χ3n) is 9.87. The number of thiazole rings is 1. The molecule has 2 saturated heterocycles. The first-order chi connectivity index (χ1) is 26.0. The Kier molecular flexibility index (Phi) is 13.1. The quantitative estimate of drug-likeness (QED) is 0.191. The first-order valence-electron chi connectivity index (χ1n) is 18.1. The van der Waals surface area contributed by atoms with Gasteiger partial charge in [0.15, 0.2) is 4.21 Å². The summed E-state index contributed by atoms with van der Waals surface area (Å²) in [6, 6.07) is 13.3. The molecule has 3 aromatic heterocycles. The van der Waals surface area contributed by atoms with Gasteiger partial charge >= 0.3 is 0 Å². The summed E-state index contributed by atoms with van der Waals surface area (Å²) in [6.07, 6.45) is 8.88. The van der Waals surface area contributed by atoms with Crippen LogP contribution in [0.15, 0.2) is 84.0 Å². The van der Waals surface area contributed by atoms with Gasteiger partial charge in [0.2, 0.25) is 0 Å². The topological polar surface area (TPSA) is 121 Å². The lowest BCUT2D eigenvalue weighted by Gasteiger charge is -2.33. The summed E-state index contributed by atoms with van der Waals surface area (Å²) in [6.45, 7) is 13.3. The van der Waals surface area contributed by atoms with Crippen molar-refractivity contribution in [1.29, 1.82) is 0 Å². The van der Waals surface area contributed by atoms with Crippen molar-refractivity contribution in [3.05, 3.63) is 119 Å². The minimum absolute atomic E-state index is 0.000272. The van der Waals surface area contributed by atoms with E-state index in [9.17, 15) is 22.0 Å². The summed E-state index contributed by atoms with van der Waals surface area (Å²) in [4.78, 5) is 28.6. The average molecular weight is 780 g/mol. The molecule has 0 bridgehead atoms. The molecule has 12 nitrogen and oxygen atoms in total. The fourth-order valence-electron chi connectivity index (χ4n) is 6.70. The highest BCUT2D eigenvalue weighted by Crippen LogP contribution is 2.26. The fraction of sp³-hybridized carbons (Fsp3) is 0.421. The molecule has 1 N–H and O–H groups in total. The van der Waals surface area contributed by atoms with Crippen LogP contribution in [-0.2, 0) is 34.3 Å². The largest absolute Gasteiger partial charge is 0.326 e. The molecule has 0 amide bonds. The number of sulfonamides is 1. The molecule has 0 radical (unpaired) electrons. The van der Waals surface area contributed by atoms with Crippen LogP contribution in [0.4, 0.5) is 8.78 Å². The molecule has 2 aromatic carbocycles. The number of benzene rings is 2. The number of piperazine rings is 2. The van der Waals surface area contributed by atoms with Gasteiger partial charge in [-0.2, -0.15) is 4.31 Å². The number of carbonyl (C=O) groups excluding carboxylic acids is 1. The van der Waals surface area contributed by atoms with E-state index in [4.69, 9.17) is 0 Å². The molecule has 288 valence electrons. The minimum Gasteiger partial charge on any atom is -0.326 e. The standard InChI is InChI=1S/C22H26FN5O3S2.C16H21FN4/c1-16(29)11-21-25-13-22(32-21)33(30,31)27-9-7-26(8-10-27)14-20-12-24-15-28(20)17(2)18-3-5-19(23)6-4-18;1-13(14-2-4-15(17)5-3-14)21-12-19-10-16(21)11-20-8-6-18-7-9-20/h3-6,12-13,15,17H,7-11,14H2,1-2H3;2-5,10,12-13,18H,6-9,11H2,1H3/t17-;13-/m11/s1. The van der Waals surface area contributed by atoms with Crippen molar-refractivity contribution in [1.82, 2.24) is 43.5 Å². The number of Topliss-reactive ketones (excluding diaryl/α,β-unsaturated/α-hetero) is 1.